The number of rotatable bonds is 1. The number of anilines is 1. The predicted molar refractivity (Wildman–Crippen MR) is 90.9 cm³/mol. The van der Waals surface area contributed by atoms with Gasteiger partial charge in [0.15, 0.2) is 0 Å². The topological polar surface area (TPSA) is 32.7 Å². The molecule has 0 fully saturated rings. The van der Waals surface area contributed by atoms with E-state index in [1.165, 1.54) is 5.56 Å². The van der Waals surface area contributed by atoms with Gasteiger partial charge in [-0.25, -0.2) is 0 Å². The molecule has 2 aromatic rings. The van der Waals surface area contributed by atoms with Crippen molar-refractivity contribution in [1.82, 2.24) is 0 Å². The van der Waals surface area contributed by atoms with E-state index in [-0.39, 0.29) is 11.9 Å². The second kappa shape index (κ2) is 5.41. The molecular formula is C19H20N2O. The van der Waals surface area contributed by atoms with E-state index in [4.69, 9.17) is 4.99 Å². The minimum absolute atomic E-state index is 0.0270. The summed E-state index contributed by atoms with van der Waals surface area (Å²) in [5.74, 6) is 0.0270. The van der Waals surface area contributed by atoms with Crippen LogP contribution in [0, 0.1) is 13.8 Å². The van der Waals surface area contributed by atoms with Gasteiger partial charge < -0.3 is 4.90 Å². The lowest BCUT2D eigenvalue weighted by Crippen LogP contribution is -2.33. The van der Waals surface area contributed by atoms with Gasteiger partial charge in [0.05, 0.1) is 11.4 Å². The van der Waals surface area contributed by atoms with Crippen LogP contribution in [0.25, 0.3) is 0 Å². The zero-order valence-electron chi connectivity index (χ0n) is 13.4. The van der Waals surface area contributed by atoms with E-state index >= 15 is 0 Å². The first-order chi connectivity index (χ1) is 10.5. The van der Waals surface area contributed by atoms with E-state index < -0.39 is 0 Å². The monoisotopic (exact) mass is 292 g/mol. The van der Waals surface area contributed by atoms with Gasteiger partial charge in [-0.1, -0.05) is 42.0 Å². The van der Waals surface area contributed by atoms with Crippen molar-refractivity contribution in [2.24, 2.45) is 4.99 Å². The van der Waals surface area contributed by atoms with E-state index in [2.05, 4.69) is 19.1 Å². The first kappa shape index (κ1) is 14.5. The summed E-state index contributed by atoms with van der Waals surface area (Å²) in [6, 6.07) is 13.9. The van der Waals surface area contributed by atoms with E-state index in [9.17, 15) is 4.79 Å². The van der Waals surface area contributed by atoms with Crippen molar-refractivity contribution < 1.29 is 4.79 Å². The largest absolute Gasteiger partial charge is 0.313 e. The Morgan fingerprint density at radius 3 is 2.45 bits per heavy atom. The summed E-state index contributed by atoms with van der Waals surface area (Å²) in [6.45, 7) is 5.98. The van der Waals surface area contributed by atoms with Crippen LogP contribution in [-0.4, -0.2) is 24.7 Å². The molecule has 0 spiro atoms. The molecule has 0 saturated heterocycles. The highest BCUT2D eigenvalue weighted by Gasteiger charge is 2.28. The van der Waals surface area contributed by atoms with Crippen molar-refractivity contribution in [2.75, 3.05) is 11.9 Å². The van der Waals surface area contributed by atoms with Crippen LogP contribution < -0.4 is 4.90 Å². The molecule has 3 nitrogen and oxygen atoms in total. The lowest BCUT2D eigenvalue weighted by atomic mass is 9.96. The summed E-state index contributed by atoms with van der Waals surface area (Å²) in [7, 11) is 1.84. The third-order valence-electron chi connectivity index (χ3n) is 4.09. The smallest absolute Gasteiger partial charge is 0.251 e. The number of aliphatic imine (C=N–C) groups is 1. The molecule has 0 bridgehead atoms. The van der Waals surface area contributed by atoms with Gasteiger partial charge in [-0.2, -0.15) is 0 Å². The molecule has 1 atom stereocenters. The molecule has 22 heavy (non-hydrogen) atoms. The molecule has 3 heteroatoms. The average molecular weight is 292 g/mol. The molecule has 1 amide bonds. The van der Waals surface area contributed by atoms with Gasteiger partial charge in [-0.05, 0) is 32.4 Å². The maximum absolute atomic E-state index is 12.5. The van der Waals surface area contributed by atoms with Gasteiger partial charge in [0.2, 0.25) is 0 Å². The summed E-state index contributed by atoms with van der Waals surface area (Å²) in [6.07, 6.45) is 0. The number of amides is 1. The number of benzene rings is 2. The van der Waals surface area contributed by atoms with Gasteiger partial charge in [-0.3, -0.25) is 9.79 Å². The molecule has 0 radical (unpaired) electrons. The van der Waals surface area contributed by atoms with E-state index in [0.717, 1.165) is 28.1 Å². The van der Waals surface area contributed by atoms with Crippen molar-refractivity contribution in [3.63, 3.8) is 0 Å². The number of hydrogen-bond donors (Lipinski definition) is 0. The van der Waals surface area contributed by atoms with Crippen molar-refractivity contribution >= 4 is 17.3 Å². The van der Waals surface area contributed by atoms with Crippen LogP contribution in [0.5, 0.6) is 0 Å². The fourth-order valence-corrected chi connectivity index (χ4v) is 3.12. The van der Waals surface area contributed by atoms with Crippen molar-refractivity contribution in [1.29, 1.82) is 0 Å². The normalized spacial score (nSPS) is 17.8. The quantitative estimate of drug-likeness (QED) is 0.791. The zero-order valence-corrected chi connectivity index (χ0v) is 13.4. The number of carbonyl (C=O) groups is 1. The Kier molecular flexibility index (Phi) is 3.57. The standard InChI is InChI=1S/C19H20N2O/c1-12-10-13(2)18-16(11-12)17(15-8-6-5-7-9-15)20-14(3)19(22)21(18)4/h5-11,14H,1-4H3/t14-/m0/s1. The Labute approximate surface area is 131 Å². The third-order valence-corrected chi connectivity index (χ3v) is 4.09. The van der Waals surface area contributed by atoms with Crippen molar-refractivity contribution in [3.05, 3.63) is 64.7 Å². The minimum Gasteiger partial charge on any atom is -0.313 e. The van der Waals surface area contributed by atoms with Crippen LogP contribution in [0.3, 0.4) is 0 Å². The van der Waals surface area contributed by atoms with Crippen LogP contribution in [0.15, 0.2) is 47.5 Å². The predicted octanol–water partition coefficient (Wildman–Crippen LogP) is 3.51. The second-order valence-corrected chi connectivity index (χ2v) is 5.89. The first-order valence-corrected chi connectivity index (χ1v) is 7.51. The SMILES string of the molecule is Cc1cc(C)c2c(c1)C(c1ccccc1)=N[C@@H](C)C(=O)N2C. The van der Waals surface area contributed by atoms with Crippen LogP contribution in [0.2, 0.25) is 0 Å². The molecule has 0 aromatic heterocycles. The van der Waals surface area contributed by atoms with Crippen molar-refractivity contribution in [3.8, 4) is 0 Å². The lowest BCUT2D eigenvalue weighted by molar-refractivity contribution is -0.119. The van der Waals surface area contributed by atoms with Crippen LogP contribution >= 0.6 is 0 Å². The first-order valence-electron chi connectivity index (χ1n) is 7.51. The number of fused-ring (bicyclic) bond motifs is 1. The van der Waals surface area contributed by atoms with Crippen LogP contribution in [0.4, 0.5) is 5.69 Å². The van der Waals surface area contributed by atoms with Gasteiger partial charge in [0.25, 0.3) is 5.91 Å². The Morgan fingerprint density at radius 1 is 1.09 bits per heavy atom. The maximum atomic E-state index is 12.5. The number of nitrogens with zero attached hydrogens (tertiary/aromatic N) is 2. The highest BCUT2D eigenvalue weighted by Crippen LogP contribution is 2.31. The number of hydrogen-bond acceptors (Lipinski definition) is 2. The van der Waals surface area contributed by atoms with Gasteiger partial charge in [0.1, 0.15) is 6.04 Å². The second-order valence-electron chi connectivity index (χ2n) is 5.89. The molecular weight excluding hydrogens is 272 g/mol. The Hall–Kier alpha value is -2.42. The average Bonchev–Trinajstić information content (AvgIpc) is 2.59. The number of benzodiazepines with no additional fused rings is 1. The van der Waals surface area contributed by atoms with E-state index in [1.807, 2.05) is 51.2 Å². The zero-order chi connectivity index (χ0) is 15.9. The minimum atomic E-state index is -0.382. The third kappa shape index (κ3) is 2.33. The molecule has 0 saturated carbocycles. The molecule has 1 aliphatic rings. The number of carbonyl (C=O) groups excluding carboxylic acids is 1. The van der Waals surface area contributed by atoms with Crippen LogP contribution in [-0.2, 0) is 4.79 Å². The lowest BCUT2D eigenvalue weighted by Gasteiger charge is -2.22. The highest BCUT2D eigenvalue weighted by molar-refractivity contribution is 6.20. The molecule has 0 aliphatic carbocycles. The summed E-state index contributed by atoms with van der Waals surface area (Å²) in [5.41, 5.74) is 6.21. The van der Waals surface area contributed by atoms with Crippen LogP contribution in [0.1, 0.15) is 29.2 Å². The Morgan fingerprint density at radius 2 is 1.77 bits per heavy atom. The van der Waals surface area contributed by atoms with Gasteiger partial charge in [-0.15, -0.1) is 0 Å². The fourth-order valence-electron chi connectivity index (χ4n) is 3.12. The van der Waals surface area contributed by atoms with E-state index in [0.29, 0.717) is 0 Å². The van der Waals surface area contributed by atoms with Crippen molar-refractivity contribution in [2.45, 2.75) is 26.8 Å². The molecule has 0 unspecified atom stereocenters. The molecule has 3 rings (SSSR count). The molecule has 1 heterocycles. The summed E-state index contributed by atoms with van der Waals surface area (Å²) < 4.78 is 0. The fraction of sp³-hybridized carbons (Fsp3) is 0.263. The Bertz CT molecular complexity index is 763. The summed E-state index contributed by atoms with van der Waals surface area (Å²) in [4.78, 5) is 19.0. The molecule has 1 aliphatic heterocycles. The number of likely N-dealkylation sites (N-methyl/N-ethyl adjacent to an activating group) is 1. The molecule has 2 aromatic carbocycles. The Balaban J connectivity index is 2.32. The highest BCUT2D eigenvalue weighted by atomic mass is 16.2. The van der Waals surface area contributed by atoms with Gasteiger partial charge in [0, 0.05) is 18.2 Å². The van der Waals surface area contributed by atoms with Gasteiger partial charge >= 0.3 is 0 Å². The maximum Gasteiger partial charge on any atom is 0.251 e. The van der Waals surface area contributed by atoms with E-state index in [1.54, 1.807) is 4.90 Å². The molecule has 112 valence electrons. The number of aryl methyl sites for hydroxylation is 2. The molecule has 0 N–H and O–H groups in total. The summed E-state index contributed by atoms with van der Waals surface area (Å²) >= 11 is 0. The summed E-state index contributed by atoms with van der Waals surface area (Å²) in [5, 5.41) is 0.